The maximum Gasteiger partial charge on any atom is 0.137 e. The fraction of sp³-hybridized carbons (Fsp3) is 0.286. The molecule has 1 N–H and O–H groups in total. The Morgan fingerprint density at radius 2 is 2.16 bits per heavy atom. The lowest BCUT2D eigenvalue weighted by molar-refractivity contribution is 0.411. The van der Waals surface area contributed by atoms with Crippen molar-refractivity contribution in [2.45, 2.75) is 13.0 Å². The number of halogens is 1. The Morgan fingerprint density at radius 1 is 1.32 bits per heavy atom. The van der Waals surface area contributed by atoms with Crippen molar-refractivity contribution in [3.63, 3.8) is 0 Å². The van der Waals surface area contributed by atoms with Gasteiger partial charge in [-0.05, 0) is 29.8 Å². The lowest BCUT2D eigenvalue weighted by atomic mass is 10.0. The maximum absolute atomic E-state index is 6.22. The molecule has 0 saturated carbocycles. The van der Waals surface area contributed by atoms with Crippen LogP contribution in [0.25, 0.3) is 0 Å². The first-order valence-corrected chi connectivity index (χ1v) is 6.45. The quantitative estimate of drug-likeness (QED) is 0.913. The van der Waals surface area contributed by atoms with Crippen LogP contribution in [0.3, 0.4) is 0 Å². The largest absolute Gasteiger partial charge is 0.495 e. The van der Waals surface area contributed by atoms with Gasteiger partial charge in [-0.1, -0.05) is 18.5 Å². The van der Waals surface area contributed by atoms with E-state index in [-0.39, 0.29) is 6.04 Å². The van der Waals surface area contributed by atoms with Crippen molar-refractivity contribution in [2.24, 2.45) is 0 Å². The van der Waals surface area contributed by atoms with E-state index in [1.54, 1.807) is 25.7 Å². The highest BCUT2D eigenvalue weighted by Crippen LogP contribution is 2.28. The minimum absolute atomic E-state index is 0.0249. The van der Waals surface area contributed by atoms with Crippen LogP contribution in [0.5, 0.6) is 5.75 Å². The summed E-state index contributed by atoms with van der Waals surface area (Å²) in [5, 5.41) is 4.03. The molecule has 0 aliphatic heterocycles. The first-order valence-electron chi connectivity index (χ1n) is 6.08. The Hall–Kier alpha value is -1.65. The Bertz CT molecular complexity index is 548. The van der Waals surface area contributed by atoms with Crippen molar-refractivity contribution in [1.82, 2.24) is 15.3 Å². The third-order valence-electron chi connectivity index (χ3n) is 2.83. The molecule has 0 aliphatic carbocycles. The minimum atomic E-state index is -0.0249. The first kappa shape index (κ1) is 13.8. The molecular formula is C14H16ClN3O. The number of rotatable bonds is 5. The van der Waals surface area contributed by atoms with Crippen LogP contribution >= 0.6 is 11.6 Å². The van der Waals surface area contributed by atoms with Crippen LogP contribution < -0.4 is 10.1 Å². The van der Waals surface area contributed by atoms with Gasteiger partial charge in [0.1, 0.15) is 5.75 Å². The van der Waals surface area contributed by atoms with E-state index in [0.29, 0.717) is 5.02 Å². The summed E-state index contributed by atoms with van der Waals surface area (Å²) in [5.74, 6) is 0.727. The molecular weight excluding hydrogens is 262 g/mol. The topological polar surface area (TPSA) is 47.0 Å². The molecule has 0 amide bonds. The van der Waals surface area contributed by atoms with Gasteiger partial charge in [-0.15, -0.1) is 0 Å². The zero-order valence-electron chi connectivity index (χ0n) is 10.9. The van der Waals surface area contributed by atoms with Gasteiger partial charge in [0, 0.05) is 18.6 Å². The molecule has 0 saturated heterocycles. The summed E-state index contributed by atoms with van der Waals surface area (Å²) >= 11 is 6.22. The smallest absolute Gasteiger partial charge is 0.137 e. The highest BCUT2D eigenvalue weighted by Gasteiger charge is 2.16. The first-order chi connectivity index (χ1) is 9.26. The molecule has 0 aliphatic rings. The van der Waals surface area contributed by atoms with Crippen LogP contribution in [0.15, 0.2) is 36.9 Å². The van der Waals surface area contributed by atoms with Crippen molar-refractivity contribution in [3.05, 3.63) is 53.1 Å². The van der Waals surface area contributed by atoms with Gasteiger partial charge in [0.2, 0.25) is 0 Å². The fourth-order valence-electron chi connectivity index (χ4n) is 1.94. The second-order valence-corrected chi connectivity index (χ2v) is 4.45. The standard InChI is InChI=1S/C14H16ClN3O/c1-3-18-14(12-4-5-16-9-13(12)15)10-6-11(19-2)8-17-7-10/h4-9,14,18H,3H2,1-2H3. The number of nitrogens with one attached hydrogen (secondary N) is 1. The predicted molar refractivity (Wildman–Crippen MR) is 75.6 cm³/mol. The van der Waals surface area contributed by atoms with Gasteiger partial charge in [0.05, 0.1) is 24.4 Å². The predicted octanol–water partition coefficient (Wildman–Crippen LogP) is 2.84. The Morgan fingerprint density at radius 3 is 2.84 bits per heavy atom. The van der Waals surface area contributed by atoms with Crippen molar-refractivity contribution in [1.29, 1.82) is 0 Å². The summed E-state index contributed by atoms with van der Waals surface area (Å²) in [6.07, 6.45) is 6.88. The second-order valence-electron chi connectivity index (χ2n) is 4.05. The number of hydrogen-bond acceptors (Lipinski definition) is 4. The molecule has 0 bridgehead atoms. The van der Waals surface area contributed by atoms with E-state index in [2.05, 4.69) is 22.2 Å². The van der Waals surface area contributed by atoms with Gasteiger partial charge in [-0.3, -0.25) is 9.97 Å². The summed E-state index contributed by atoms with van der Waals surface area (Å²) < 4.78 is 5.21. The van der Waals surface area contributed by atoms with E-state index < -0.39 is 0 Å². The van der Waals surface area contributed by atoms with E-state index in [1.165, 1.54) is 0 Å². The van der Waals surface area contributed by atoms with Crippen LogP contribution in [0.2, 0.25) is 5.02 Å². The van der Waals surface area contributed by atoms with Crippen LogP contribution in [-0.4, -0.2) is 23.6 Å². The number of ether oxygens (including phenoxy) is 1. The molecule has 4 nitrogen and oxygen atoms in total. The third kappa shape index (κ3) is 3.22. The van der Waals surface area contributed by atoms with Crippen molar-refractivity contribution >= 4 is 11.6 Å². The van der Waals surface area contributed by atoms with Gasteiger partial charge >= 0.3 is 0 Å². The lowest BCUT2D eigenvalue weighted by Gasteiger charge is -2.20. The molecule has 1 unspecified atom stereocenters. The van der Waals surface area contributed by atoms with E-state index in [1.807, 2.05) is 18.3 Å². The third-order valence-corrected chi connectivity index (χ3v) is 3.14. The average Bonchev–Trinajstić information content (AvgIpc) is 2.46. The van der Waals surface area contributed by atoms with Gasteiger partial charge in [-0.25, -0.2) is 0 Å². The molecule has 2 aromatic heterocycles. The lowest BCUT2D eigenvalue weighted by Crippen LogP contribution is -2.22. The highest BCUT2D eigenvalue weighted by molar-refractivity contribution is 6.31. The number of pyridine rings is 2. The van der Waals surface area contributed by atoms with Crippen molar-refractivity contribution in [2.75, 3.05) is 13.7 Å². The van der Waals surface area contributed by atoms with E-state index in [9.17, 15) is 0 Å². The van der Waals surface area contributed by atoms with Crippen LogP contribution in [-0.2, 0) is 0 Å². The molecule has 0 radical (unpaired) electrons. The van der Waals surface area contributed by atoms with Crippen molar-refractivity contribution < 1.29 is 4.74 Å². The van der Waals surface area contributed by atoms with Crippen molar-refractivity contribution in [3.8, 4) is 5.75 Å². The second kappa shape index (κ2) is 6.50. The fourth-order valence-corrected chi connectivity index (χ4v) is 2.17. The Labute approximate surface area is 117 Å². The monoisotopic (exact) mass is 277 g/mol. The summed E-state index contributed by atoms with van der Waals surface area (Å²) in [6, 6.07) is 3.84. The van der Waals surface area contributed by atoms with Gasteiger partial charge < -0.3 is 10.1 Å². The molecule has 2 aromatic rings. The minimum Gasteiger partial charge on any atom is -0.495 e. The summed E-state index contributed by atoms with van der Waals surface area (Å²) in [4.78, 5) is 8.20. The summed E-state index contributed by atoms with van der Waals surface area (Å²) in [6.45, 7) is 2.87. The molecule has 0 spiro atoms. The number of methoxy groups -OCH3 is 1. The zero-order valence-corrected chi connectivity index (χ0v) is 11.7. The number of nitrogens with zero attached hydrogens (tertiary/aromatic N) is 2. The SMILES string of the molecule is CCNC(c1cncc(OC)c1)c1ccncc1Cl. The molecule has 2 heterocycles. The van der Waals surface area contributed by atoms with Crippen LogP contribution in [0.4, 0.5) is 0 Å². The van der Waals surface area contributed by atoms with E-state index in [0.717, 1.165) is 23.4 Å². The Kier molecular flexibility index (Phi) is 4.71. The molecule has 5 heteroatoms. The van der Waals surface area contributed by atoms with Gasteiger partial charge in [-0.2, -0.15) is 0 Å². The van der Waals surface area contributed by atoms with Crippen LogP contribution in [0.1, 0.15) is 24.1 Å². The summed E-state index contributed by atoms with van der Waals surface area (Å²) in [5.41, 5.74) is 1.99. The molecule has 0 fully saturated rings. The normalized spacial score (nSPS) is 12.2. The molecule has 100 valence electrons. The average molecular weight is 278 g/mol. The van der Waals surface area contributed by atoms with E-state index >= 15 is 0 Å². The van der Waals surface area contributed by atoms with E-state index in [4.69, 9.17) is 16.3 Å². The zero-order chi connectivity index (χ0) is 13.7. The molecule has 2 rings (SSSR count). The maximum atomic E-state index is 6.22. The number of aromatic nitrogens is 2. The Balaban J connectivity index is 2.42. The number of hydrogen-bond donors (Lipinski definition) is 1. The van der Waals surface area contributed by atoms with Crippen LogP contribution in [0, 0.1) is 0 Å². The summed E-state index contributed by atoms with van der Waals surface area (Å²) in [7, 11) is 1.63. The van der Waals surface area contributed by atoms with Gasteiger partial charge in [0.15, 0.2) is 0 Å². The molecule has 1 atom stereocenters. The van der Waals surface area contributed by atoms with Gasteiger partial charge in [0.25, 0.3) is 0 Å². The highest BCUT2D eigenvalue weighted by atomic mass is 35.5. The molecule has 0 aromatic carbocycles. The molecule has 19 heavy (non-hydrogen) atoms.